The SMILES string of the molecule is C/C=C\c1c(C)c2ccccc2n1-c1ccc(Br)cc1. The van der Waals surface area contributed by atoms with Crippen molar-refractivity contribution in [2.24, 2.45) is 0 Å². The third-order valence-corrected chi connectivity index (χ3v) is 4.11. The standard InChI is InChI=1S/C18H16BrN/c1-3-6-17-13(2)16-7-4-5-8-18(16)20(17)15-11-9-14(19)10-12-15/h3-12H,1-2H3/b6-3-. The van der Waals surface area contributed by atoms with Crippen LogP contribution in [0.25, 0.3) is 22.7 Å². The van der Waals surface area contributed by atoms with Crippen molar-refractivity contribution in [2.75, 3.05) is 0 Å². The van der Waals surface area contributed by atoms with Crippen molar-refractivity contribution >= 4 is 32.9 Å². The van der Waals surface area contributed by atoms with Crippen molar-refractivity contribution in [2.45, 2.75) is 13.8 Å². The number of fused-ring (bicyclic) bond motifs is 1. The van der Waals surface area contributed by atoms with Gasteiger partial charge in [0.15, 0.2) is 0 Å². The molecule has 0 fully saturated rings. The van der Waals surface area contributed by atoms with E-state index in [0.717, 1.165) is 4.47 Å². The maximum Gasteiger partial charge on any atom is 0.0537 e. The molecule has 0 aliphatic carbocycles. The Morgan fingerprint density at radius 1 is 1.00 bits per heavy atom. The summed E-state index contributed by atoms with van der Waals surface area (Å²) in [5.41, 5.74) is 5.00. The number of aromatic nitrogens is 1. The number of hydrogen-bond donors (Lipinski definition) is 0. The van der Waals surface area contributed by atoms with Crippen molar-refractivity contribution in [1.82, 2.24) is 4.57 Å². The van der Waals surface area contributed by atoms with Gasteiger partial charge in [0.25, 0.3) is 0 Å². The van der Waals surface area contributed by atoms with Crippen molar-refractivity contribution < 1.29 is 0 Å². The van der Waals surface area contributed by atoms with Gasteiger partial charge in [0.05, 0.1) is 5.52 Å². The van der Waals surface area contributed by atoms with Crippen LogP contribution >= 0.6 is 15.9 Å². The number of para-hydroxylation sites is 1. The maximum atomic E-state index is 3.50. The molecule has 1 aromatic heterocycles. The molecule has 0 saturated heterocycles. The predicted molar refractivity (Wildman–Crippen MR) is 90.4 cm³/mol. The lowest BCUT2D eigenvalue weighted by molar-refractivity contribution is 1.09. The summed E-state index contributed by atoms with van der Waals surface area (Å²) in [6.45, 7) is 4.25. The highest BCUT2D eigenvalue weighted by molar-refractivity contribution is 9.10. The summed E-state index contributed by atoms with van der Waals surface area (Å²) in [5.74, 6) is 0. The Balaban J connectivity index is 2.38. The first kappa shape index (κ1) is 13.2. The van der Waals surface area contributed by atoms with Crippen LogP contribution in [-0.2, 0) is 0 Å². The molecule has 20 heavy (non-hydrogen) atoms. The van der Waals surface area contributed by atoms with Gasteiger partial charge in [0.2, 0.25) is 0 Å². The summed E-state index contributed by atoms with van der Waals surface area (Å²) in [6, 6.07) is 17.0. The first-order valence-corrected chi connectivity index (χ1v) is 7.50. The molecule has 2 aromatic carbocycles. The van der Waals surface area contributed by atoms with E-state index < -0.39 is 0 Å². The van der Waals surface area contributed by atoms with Crippen LogP contribution in [0.2, 0.25) is 0 Å². The van der Waals surface area contributed by atoms with Crippen LogP contribution in [0.3, 0.4) is 0 Å². The van der Waals surface area contributed by atoms with E-state index in [9.17, 15) is 0 Å². The van der Waals surface area contributed by atoms with E-state index in [2.05, 4.69) is 95.0 Å². The molecule has 1 nitrogen and oxygen atoms in total. The molecule has 0 bridgehead atoms. The lowest BCUT2D eigenvalue weighted by Gasteiger charge is -2.09. The Labute approximate surface area is 127 Å². The van der Waals surface area contributed by atoms with E-state index in [1.54, 1.807) is 0 Å². The zero-order valence-corrected chi connectivity index (χ0v) is 13.2. The number of rotatable bonds is 2. The molecule has 1 heterocycles. The smallest absolute Gasteiger partial charge is 0.0537 e. The number of allylic oxidation sites excluding steroid dienone is 1. The van der Waals surface area contributed by atoms with Gasteiger partial charge in [0, 0.05) is 21.2 Å². The molecule has 100 valence electrons. The Morgan fingerprint density at radius 2 is 1.70 bits per heavy atom. The highest BCUT2D eigenvalue weighted by Crippen LogP contribution is 2.30. The van der Waals surface area contributed by atoms with E-state index in [4.69, 9.17) is 0 Å². The van der Waals surface area contributed by atoms with Gasteiger partial charge in [-0.1, -0.05) is 40.2 Å². The van der Waals surface area contributed by atoms with Gasteiger partial charge in [-0.3, -0.25) is 0 Å². The highest BCUT2D eigenvalue weighted by atomic mass is 79.9. The van der Waals surface area contributed by atoms with E-state index in [1.807, 2.05) is 0 Å². The number of aryl methyl sites for hydroxylation is 1. The molecule has 0 spiro atoms. The molecule has 0 radical (unpaired) electrons. The lowest BCUT2D eigenvalue weighted by atomic mass is 10.1. The summed E-state index contributed by atoms with van der Waals surface area (Å²) in [4.78, 5) is 0. The van der Waals surface area contributed by atoms with E-state index >= 15 is 0 Å². The van der Waals surface area contributed by atoms with Crippen LogP contribution in [0.15, 0.2) is 59.1 Å². The van der Waals surface area contributed by atoms with Crippen LogP contribution in [-0.4, -0.2) is 4.57 Å². The summed E-state index contributed by atoms with van der Waals surface area (Å²) in [6.07, 6.45) is 4.27. The molecule has 2 heteroatoms. The Kier molecular flexibility index (Phi) is 3.49. The highest BCUT2D eigenvalue weighted by Gasteiger charge is 2.12. The monoisotopic (exact) mass is 325 g/mol. The molecular formula is C18H16BrN. The second-order valence-electron chi connectivity index (χ2n) is 4.84. The summed E-state index contributed by atoms with van der Waals surface area (Å²) >= 11 is 3.50. The van der Waals surface area contributed by atoms with Gasteiger partial charge < -0.3 is 4.57 Å². The second-order valence-corrected chi connectivity index (χ2v) is 5.75. The second kappa shape index (κ2) is 5.29. The Hall–Kier alpha value is -1.80. The van der Waals surface area contributed by atoms with Gasteiger partial charge in [-0.05, 0) is 55.8 Å². The van der Waals surface area contributed by atoms with Crippen LogP contribution in [0.5, 0.6) is 0 Å². The summed E-state index contributed by atoms with van der Waals surface area (Å²) in [5, 5.41) is 1.31. The molecular weight excluding hydrogens is 310 g/mol. The number of hydrogen-bond acceptors (Lipinski definition) is 0. The van der Waals surface area contributed by atoms with Crippen LogP contribution in [0, 0.1) is 6.92 Å². The zero-order chi connectivity index (χ0) is 14.1. The molecule has 0 saturated carbocycles. The van der Waals surface area contributed by atoms with E-state index in [-0.39, 0.29) is 0 Å². The minimum Gasteiger partial charge on any atom is -0.310 e. The fraction of sp³-hybridized carbons (Fsp3) is 0.111. The fourth-order valence-corrected chi connectivity index (χ4v) is 2.91. The topological polar surface area (TPSA) is 4.93 Å². The number of halogens is 1. The van der Waals surface area contributed by atoms with Crippen LogP contribution in [0.1, 0.15) is 18.2 Å². The average Bonchev–Trinajstić information content (AvgIpc) is 2.74. The largest absolute Gasteiger partial charge is 0.310 e. The zero-order valence-electron chi connectivity index (χ0n) is 11.6. The maximum absolute atomic E-state index is 3.50. The molecule has 3 aromatic rings. The first-order chi connectivity index (χ1) is 9.72. The third kappa shape index (κ3) is 2.10. The minimum absolute atomic E-state index is 1.10. The van der Waals surface area contributed by atoms with Gasteiger partial charge in [0.1, 0.15) is 0 Å². The number of nitrogens with zero attached hydrogens (tertiary/aromatic N) is 1. The van der Waals surface area contributed by atoms with E-state index in [1.165, 1.54) is 27.8 Å². The predicted octanol–water partition coefficient (Wildman–Crippen LogP) is 5.73. The fourth-order valence-electron chi connectivity index (χ4n) is 2.65. The van der Waals surface area contributed by atoms with Crippen molar-refractivity contribution in [3.05, 3.63) is 70.3 Å². The molecule has 0 N–H and O–H groups in total. The average molecular weight is 326 g/mol. The molecule has 0 aliphatic heterocycles. The lowest BCUT2D eigenvalue weighted by Crippen LogP contribution is -1.96. The quantitative estimate of drug-likeness (QED) is 0.566. The molecule has 0 atom stereocenters. The van der Waals surface area contributed by atoms with Gasteiger partial charge in [-0.2, -0.15) is 0 Å². The van der Waals surface area contributed by atoms with Crippen molar-refractivity contribution in [1.29, 1.82) is 0 Å². The van der Waals surface area contributed by atoms with Gasteiger partial charge >= 0.3 is 0 Å². The molecule has 0 unspecified atom stereocenters. The van der Waals surface area contributed by atoms with Crippen LogP contribution < -0.4 is 0 Å². The van der Waals surface area contributed by atoms with Gasteiger partial charge in [-0.25, -0.2) is 0 Å². The van der Waals surface area contributed by atoms with Crippen LogP contribution in [0.4, 0.5) is 0 Å². The summed E-state index contributed by atoms with van der Waals surface area (Å²) in [7, 11) is 0. The molecule has 3 rings (SSSR count). The minimum atomic E-state index is 1.10. The Morgan fingerprint density at radius 3 is 2.40 bits per heavy atom. The molecule has 0 amide bonds. The molecule has 0 aliphatic rings. The third-order valence-electron chi connectivity index (χ3n) is 3.58. The van der Waals surface area contributed by atoms with Crippen molar-refractivity contribution in [3.63, 3.8) is 0 Å². The number of benzene rings is 2. The normalized spacial score (nSPS) is 11.6. The van der Waals surface area contributed by atoms with E-state index in [0.29, 0.717) is 0 Å². The summed E-state index contributed by atoms with van der Waals surface area (Å²) < 4.78 is 3.42. The Bertz CT molecular complexity index is 779. The first-order valence-electron chi connectivity index (χ1n) is 6.71. The van der Waals surface area contributed by atoms with Crippen molar-refractivity contribution in [3.8, 4) is 5.69 Å². The van der Waals surface area contributed by atoms with Gasteiger partial charge in [-0.15, -0.1) is 0 Å².